The smallest absolute Gasteiger partial charge is 0.0880 e. The van der Waals surface area contributed by atoms with E-state index >= 15 is 0 Å². The molecule has 0 saturated heterocycles. The molecule has 1 atom stereocenters. The lowest BCUT2D eigenvalue weighted by atomic mass is 10.1. The molecule has 0 spiro atoms. The standard InChI is InChI=1S/C11H14Cl2OS/c1-2-5-15-7-11(14)8-3-4-9(12)10(13)6-8/h3-4,6,11,14H,2,5,7H2,1H3. The van der Waals surface area contributed by atoms with Gasteiger partial charge in [-0.15, -0.1) is 0 Å². The first-order chi connectivity index (χ1) is 7.15. The molecule has 84 valence electrons. The fraction of sp³-hybridized carbons (Fsp3) is 0.455. The Labute approximate surface area is 105 Å². The first kappa shape index (κ1) is 13.2. The number of hydrogen-bond donors (Lipinski definition) is 1. The first-order valence-electron chi connectivity index (χ1n) is 4.86. The molecule has 0 saturated carbocycles. The van der Waals surface area contributed by atoms with E-state index in [1.54, 1.807) is 23.9 Å². The van der Waals surface area contributed by atoms with Gasteiger partial charge in [0.2, 0.25) is 0 Å². The molecule has 1 aromatic carbocycles. The van der Waals surface area contributed by atoms with E-state index in [0.717, 1.165) is 17.7 Å². The van der Waals surface area contributed by atoms with E-state index in [-0.39, 0.29) is 0 Å². The van der Waals surface area contributed by atoms with Crippen LogP contribution in [0.3, 0.4) is 0 Å². The van der Waals surface area contributed by atoms with Crippen molar-refractivity contribution in [2.75, 3.05) is 11.5 Å². The minimum atomic E-state index is -0.462. The Morgan fingerprint density at radius 1 is 1.33 bits per heavy atom. The van der Waals surface area contributed by atoms with Crippen LogP contribution in [0.2, 0.25) is 10.0 Å². The molecule has 0 aromatic heterocycles. The highest BCUT2D eigenvalue weighted by Gasteiger charge is 2.09. The van der Waals surface area contributed by atoms with Gasteiger partial charge in [-0.25, -0.2) is 0 Å². The molecule has 1 N–H and O–H groups in total. The third kappa shape index (κ3) is 4.23. The van der Waals surface area contributed by atoms with Crippen molar-refractivity contribution in [2.24, 2.45) is 0 Å². The number of aliphatic hydroxyl groups excluding tert-OH is 1. The van der Waals surface area contributed by atoms with Crippen molar-refractivity contribution in [2.45, 2.75) is 19.4 Å². The third-order valence-electron chi connectivity index (χ3n) is 1.95. The molecule has 0 aliphatic heterocycles. The van der Waals surface area contributed by atoms with Gasteiger partial charge in [0.05, 0.1) is 16.1 Å². The molecule has 1 aromatic rings. The van der Waals surface area contributed by atoms with Crippen molar-refractivity contribution < 1.29 is 5.11 Å². The van der Waals surface area contributed by atoms with Crippen molar-refractivity contribution in [3.8, 4) is 0 Å². The van der Waals surface area contributed by atoms with Gasteiger partial charge in [0.25, 0.3) is 0 Å². The van der Waals surface area contributed by atoms with Gasteiger partial charge in [0.15, 0.2) is 0 Å². The topological polar surface area (TPSA) is 20.2 Å². The maximum Gasteiger partial charge on any atom is 0.0880 e. The van der Waals surface area contributed by atoms with Gasteiger partial charge in [-0.1, -0.05) is 36.2 Å². The number of aliphatic hydroxyl groups is 1. The maximum absolute atomic E-state index is 9.84. The van der Waals surface area contributed by atoms with Gasteiger partial charge in [0.1, 0.15) is 0 Å². The Kier molecular flexibility index (Phi) is 5.83. The average molecular weight is 265 g/mol. The van der Waals surface area contributed by atoms with Crippen molar-refractivity contribution in [3.05, 3.63) is 33.8 Å². The number of hydrogen-bond acceptors (Lipinski definition) is 2. The zero-order valence-corrected chi connectivity index (χ0v) is 10.9. The van der Waals surface area contributed by atoms with Crippen LogP contribution in [0.4, 0.5) is 0 Å². The van der Waals surface area contributed by atoms with Gasteiger partial charge in [-0.2, -0.15) is 11.8 Å². The molecule has 1 rings (SSSR count). The van der Waals surface area contributed by atoms with Crippen LogP contribution in [-0.4, -0.2) is 16.6 Å². The molecule has 0 aliphatic carbocycles. The van der Waals surface area contributed by atoms with Crippen LogP contribution in [0, 0.1) is 0 Å². The first-order valence-corrected chi connectivity index (χ1v) is 6.77. The van der Waals surface area contributed by atoms with Crippen molar-refractivity contribution >= 4 is 35.0 Å². The zero-order valence-electron chi connectivity index (χ0n) is 8.54. The summed E-state index contributed by atoms with van der Waals surface area (Å²) in [5.74, 6) is 1.77. The van der Waals surface area contributed by atoms with Crippen LogP contribution in [-0.2, 0) is 0 Å². The zero-order chi connectivity index (χ0) is 11.3. The van der Waals surface area contributed by atoms with Gasteiger partial charge < -0.3 is 5.11 Å². The summed E-state index contributed by atoms with van der Waals surface area (Å²) in [6.45, 7) is 2.12. The number of halogens is 2. The van der Waals surface area contributed by atoms with Crippen LogP contribution < -0.4 is 0 Å². The van der Waals surface area contributed by atoms with Gasteiger partial charge >= 0.3 is 0 Å². The van der Waals surface area contributed by atoms with E-state index in [1.807, 2.05) is 6.07 Å². The molecular weight excluding hydrogens is 251 g/mol. The van der Waals surface area contributed by atoms with Crippen molar-refractivity contribution in [1.82, 2.24) is 0 Å². The summed E-state index contributed by atoms with van der Waals surface area (Å²) in [7, 11) is 0. The van der Waals surface area contributed by atoms with E-state index in [1.165, 1.54) is 0 Å². The van der Waals surface area contributed by atoms with Crippen LogP contribution >= 0.6 is 35.0 Å². The van der Waals surface area contributed by atoms with Crippen LogP contribution in [0.25, 0.3) is 0 Å². The second-order valence-electron chi connectivity index (χ2n) is 3.26. The highest BCUT2D eigenvalue weighted by atomic mass is 35.5. The lowest BCUT2D eigenvalue weighted by molar-refractivity contribution is 0.204. The van der Waals surface area contributed by atoms with Crippen LogP contribution in [0.15, 0.2) is 18.2 Å². The van der Waals surface area contributed by atoms with Gasteiger partial charge in [-0.3, -0.25) is 0 Å². The Bertz CT molecular complexity index is 317. The lowest BCUT2D eigenvalue weighted by Gasteiger charge is -2.11. The Hall–Kier alpha value is 0.110. The van der Waals surface area contributed by atoms with Gasteiger partial charge in [0, 0.05) is 5.75 Å². The third-order valence-corrected chi connectivity index (χ3v) is 3.94. The minimum absolute atomic E-state index is 0.462. The van der Waals surface area contributed by atoms with E-state index < -0.39 is 6.10 Å². The molecule has 0 aliphatic rings. The summed E-state index contributed by atoms with van der Waals surface area (Å²) >= 11 is 13.4. The highest BCUT2D eigenvalue weighted by molar-refractivity contribution is 7.99. The number of rotatable bonds is 5. The van der Waals surface area contributed by atoms with E-state index in [0.29, 0.717) is 15.8 Å². The fourth-order valence-electron chi connectivity index (χ4n) is 1.16. The Morgan fingerprint density at radius 2 is 2.07 bits per heavy atom. The molecule has 0 heterocycles. The fourth-order valence-corrected chi connectivity index (χ4v) is 2.33. The molecular formula is C11H14Cl2OS. The summed E-state index contributed by atoms with van der Waals surface area (Å²) < 4.78 is 0. The normalized spacial score (nSPS) is 12.8. The molecule has 0 radical (unpaired) electrons. The SMILES string of the molecule is CCCSCC(O)c1ccc(Cl)c(Cl)c1. The molecule has 1 nitrogen and oxygen atoms in total. The largest absolute Gasteiger partial charge is 0.388 e. The summed E-state index contributed by atoms with van der Waals surface area (Å²) in [4.78, 5) is 0. The van der Waals surface area contributed by atoms with Crippen molar-refractivity contribution in [1.29, 1.82) is 0 Å². The molecule has 4 heteroatoms. The maximum atomic E-state index is 9.84. The molecule has 15 heavy (non-hydrogen) atoms. The minimum Gasteiger partial charge on any atom is -0.388 e. The highest BCUT2D eigenvalue weighted by Crippen LogP contribution is 2.27. The average Bonchev–Trinajstić information content (AvgIpc) is 2.22. The molecule has 0 bridgehead atoms. The molecule has 0 amide bonds. The molecule has 1 unspecified atom stereocenters. The Morgan fingerprint density at radius 3 is 2.67 bits per heavy atom. The summed E-state index contributed by atoms with van der Waals surface area (Å²) in [5, 5.41) is 10.9. The van der Waals surface area contributed by atoms with E-state index in [9.17, 15) is 5.11 Å². The van der Waals surface area contributed by atoms with Crippen molar-refractivity contribution in [3.63, 3.8) is 0 Å². The summed E-state index contributed by atoms with van der Waals surface area (Å²) in [6.07, 6.45) is 0.662. The molecule has 0 fully saturated rings. The van der Waals surface area contributed by atoms with Crippen LogP contribution in [0.5, 0.6) is 0 Å². The second kappa shape index (κ2) is 6.64. The van der Waals surface area contributed by atoms with E-state index in [2.05, 4.69) is 6.92 Å². The Balaban J connectivity index is 2.57. The summed E-state index contributed by atoms with van der Waals surface area (Å²) in [5.41, 5.74) is 0.827. The monoisotopic (exact) mass is 264 g/mol. The number of thioether (sulfide) groups is 1. The van der Waals surface area contributed by atoms with Gasteiger partial charge in [-0.05, 0) is 29.9 Å². The summed E-state index contributed by atoms with van der Waals surface area (Å²) in [6, 6.07) is 5.25. The number of benzene rings is 1. The van der Waals surface area contributed by atoms with E-state index in [4.69, 9.17) is 23.2 Å². The second-order valence-corrected chi connectivity index (χ2v) is 5.23. The predicted octanol–water partition coefficient (Wildman–Crippen LogP) is 4.17. The quantitative estimate of drug-likeness (QED) is 0.806. The predicted molar refractivity (Wildman–Crippen MR) is 69.0 cm³/mol. The van der Waals surface area contributed by atoms with Crippen LogP contribution in [0.1, 0.15) is 25.0 Å². The lowest BCUT2D eigenvalue weighted by Crippen LogP contribution is -2.01.